The van der Waals surface area contributed by atoms with Crippen LogP contribution in [0.2, 0.25) is 0 Å². The summed E-state index contributed by atoms with van der Waals surface area (Å²) in [6.07, 6.45) is 6.18. The van der Waals surface area contributed by atoms with Crippen LogP contribution in [0.1, 0.15) is 43.2 Å². The van der Waals surface area contributed by atoms with Gasteiger partial charge in [-0.2, -0.15) is 13.2 Å². The first-order valence-electron chi connectivity index (χ1n) is 12.4. The number of hydrogen-bond donors (Lipinski definition) is 3. The Hall–Kier alpha value is -2.68. The number of halogens is 3. The molecule has 1 saturated carbocycles. The number of benzene rings is 1. The fraction of sp³-hybridized carbons (Fsp3) is 0.462. The Morgan fingerprint density at radius 1 is 1.24 bits per heavy atom. The standard InChI is InChI=1S/C26H33F3N5O2P/c1-37(2,35)24-17(7-5-6-13-36-14-12-30)10-11-19-20(15-31-23(19)24)22-21(26(27,28)29)16-32-25(34-22)33-18-8-3-4-9-18/h5,7,10-11,15-16,18,31H,3-4,6,8-9,12-14,30H2,1-2H3,(H,32,33,34)/b7-5-. The molecule has 0 amide bonds. The van der Waals surface area contributed by atoms with Gasteiger partial charge in [-0.3, -0.25) is 0 Å². The number of nitrogens with two attached hydrogens (primary N) is 1. The zero-order valence-electron chi connectivity index (χ0n) is 21.1. The molecule has 4 N–H and O–H groups in total. The van der Waals surface area contributed by atoms with Gasteiger partial charge in [0.15, 0.2) is 0 Å². The largest absolute Gasteiger partial charge is 0.419 e. The molecule has 2 aromatic heterocycles. The lowest BCUT2D eigenvalue weighted by atomic mass is 10.0. The summed E-state index contributed by atoms with van der Waals surface area (Å²) in [5, 5.41) is 4.30. The zero-order valence-corrected chi connectivity index (χ0v) is 22.0. The van der Waals surface area contributed by atoms with E-state index in [2.05, 4.69) is 20.3 Å². The van der Waals surface area contributed by atoms with Crippen LogP contribution in [-0.4, -0.2) is 54.1 Å². The fourth-order valence-corrected chi connectivity index (χ4v) is 6.27. The molecule has 0 atom stereocenters. The number of hydrogen-bond acceptors (Lipinski definition) is 6. The Balaban J connectivity index is 1.77. The summed E-state index contributed by atoms with van der Waals surface area (Å²) in [4.78, 5) is 11.4. The normalized spacial score (nSPS) is 15.3. The van der Waals surface area contributed by atoms with Crippen molar-refractivity contribution in [1.29, 1.82) is 0 Å². The minimum absolute atomic E-state index is 0.153. The first kappa shape index (κ1) is 27.4. The minimum atomic E-state index is -4.63. The van der Waals surface area contributed by atoms with E-state index in [1.807, 2.05) is 12.2 Å². The third-order valence-electron chi connectivity index (χ3n) is 6.42. The highest BCUT2D eigenvalue weighted by Crippen LogP contribution is 2.43. The van der Waals surface area contributed by atoms with Crippen molar-refractivity contribution in [3.05, 3.63) is 41.7 Å². The molecular formula is C26H33F3N5O2P. The molecule has 0 bridgehead atoms. The number of nitrogens with one attached hydrogen (secondary N) is 2. The summed E-state index contributed by atoms with van der Waals surface area (Å²) in [5.41, 5.74) is 5.89. The van der Waals surface area contributed by atoms with Crippen molar-refractivity contribution < 1.29 is 22.5 Å². The van der Waals surface area contributed by atoms with E-state index in [-0.39, 0.29) is 17.7 Å². The SMILES string of the molecule is CP(C)(=O)c1c(/C=C\CCOCCN)ccc2c(-c3nc(NC4CCCC4)ncc3C(F)(F)F)c[nH]c12. The van der Waals surface area contributed by atoms with Crippen LogP contribution in [0.5, 0.6) is 0 Å². The number of anilines is 1. The topological polar surface area (TPSA) is 106 Å². The number of alkyl halides is 3. The molecule has 0 saturated heterocycles. The second kappa shape index (κ2) is 11.4. The molecule has 200 valence electrons. The predicted molar refractivity (Wildman–Crippen MR) is 143 cm³/mol. The van der Waals surface area contributed by atoms with Gasteiger partial charge in [-0.15, -0.1) is 0 Å². The van der Waals surface area contributed by atoms with Crippen LogP contribution in [0, 0.1) is 0 Å². The van der Waals surface area contributed by atoms with E-state index in [1.165, 1.54) is 6.20 Å². The first-order chi connectivity index (χ1) is 17.6. The second-order valence-electron chi connectivity index (χ2n) is 9.65. The van der Waals surface area contributed by atoms with Crippen LogP contribution in [-0.2, 0) is 15.5 Å². The highest BCUT2D eigenvalue weighted by Gasteiger charge is 2.36. The van der Waals surface area contributed by atoms with Gasteiger partial charge in [0.2, 0.25) is 5.95 Å². The molecule has 0 aliphatic heterocycles. The molecule has 37 heavy (non-hydrogen) atoms. The van der Waals surface area contributed by atoms with E-state index < -0.39 is 18.9 Å². The van der Waals surface area contributed by atoms with Crippen molar-refractivity contribution in [1.82, 2.24) is 15.0 Å². The van der Waals surface area contributed by atoms with E-state index in [1.54, 1.807) is 25.5 Å². The maximum absolute atomic E-state index is 14.0. The van der Waals surface area contributed by atoms with E-state index in [9.17, 15) is 17.7 Å². The van der Waals surface area contributed by atoms with Crippen LogP contribution in [0.4, 0.5) is 19.1 Å². The molecule has 0 unspecified atom stereocenters. The van der Waals surface area contributed by atoms with Crippen molar-refractivity contribution in [3.63, 3.8) is 0 Å². The monoisotopic (exact) mass is 535 g/mol. The molecule has 1 fully saturated rings. The van der Waals surface area contributed by atoms with Gasteiger partial charge < -0.3 is 25.3 Å². The fourth-order valence-electron chi connectivity index (χ4n) is 4.77. The zero-order chi connectivity index (χ0) is 26.6. The molecule has 1 aliphatic rings. The number of nitrogens with zero attached hydrogens (tertiary/aromatic N) is 2. The van der Waals surface area contributed by atoms with Gasteiger partial charge in [0.1, 0.15) is 12.7 Å². The van der Waals surface area contributed by atoms with Crippen LogP contribution in [0.15, 0.2) is 30.6 Å². The number of fused-ring (bicyclic) bond motifs is 1. The number of aromatic nitrogens is 3. The number of aromatic amines is 1. The lowest BCUT2D eigenvalue weighted by Crippen LogP contribution is -2.18. The molecule has 7 nitrogen and oxygen atoms in total. The van der Waals surface area contributed by atoms with Gasteiger partial charge in [-0.1, -0.05) is 37.1 Å². The maximum atomic E-state index is 14.0. The van der Waals surface area contributed by atoms with Gasteiger partial charge in [0, 0.05) is 41.2 Å². The van der Waals surface area contributed by atoms with Gasteiger partial charge in [-0.25, -0.2) is 9.97 Å². The Bertz CT molecular complexity index is 1310. The van der Waals surface area contributed by atoms with Gasteiger partial charge >= 0.3 is 6.18 Å². The molecule has 1 aliphatic carbocycles. The van der Waals surface area contributed by atoms with Gasteiger partial charge in [0.05, 0.1) is 24.4 Å². The molecule has 11 heteroatoms. The van der Waals surface area contributed by atoms with Crippen molar-refractivity contribution in [3.8, 4) is 11.3 Å². The number of ether oxygens (including phenoxy) is 1. The third kappa shape index (κ3) is 6.43. The number of H-pyrrole nitrogens is 1. The molecule has 3 aromatic rings. The summed E-state index contributed by atoms with van der Waals surface area (Å²) >= 11 is 0. The summed E-state index contributed by atoms with van der Waals surface area (Å²) in [5.74, 6) is 0.178. The van der Waals surface area contributed by atoms with Gasteiger partial charge in [0.25, 0.3) is 0 Å². The average molecular weight is 536 g/mol. The second-order valence-corrected chi connectivity index (χ2v) is 12.8. The average Bonchev–Trinajstić information content (AvgIpc) is 3.49. The summed E-state index contributed by atoms with van der Waals surface area (Å²) in [6.45, 7) is 4.75. The Morgan fingerprint density at radius 2 is 2.00 bits per heavy atom. The predicted octanol–water partition coefficient (Wildman–Crippen LogP) is 5.62. The smallest absolute Gasteiger partial charge is 0.380 e. The lowest BCUT2D eigenvalue weighted by molar-refractivity contribution is -0.137. The molecule has 1 aromatic carbocycles. The van der Waals surface area contributed by atoms with Gasteiger partial charge in [-0.05, 0) is 38.2 Å². The van der Waals surface area contributed by atoms with E-state index in [0.717, 1.165) is 37.4 Å². The van der Waals surface area contributed by atoms with Crippen LogP contribution in [0.3, 0.4) is 0 Å². The molecule has 4 rings (SSSR count). The van der Waals surface area contributed by atoms with Crippen molar-refractivity contribution in [2.24, 2.45) is 5.73 Å². The van der Waals surface area contributed by atoms with Crippen molar-refractivity contribution in [2.45, 2.75) is 44.3 Å². The molecule has 0 spiro atoms. The Morgan fingerprint density at radius 3 is 2.68 bits per heavy atom. The summed E-state index contributed by atoms with van der Waals surface area (Å²) in [7, 11) is -2.82. The highest BCUT2D eigenvalue weighted by molar-refractivity contribution is 7.70. The Kier molecular flexibility index (Phi) is 8.41. The van der Waals surface area contributed by atoms with E-state index in [0.29, 0.717) is 48.0 Å². The van der Waals surface area contributed by atoms with Crippen LogP contribution < -0.4 is 16.4 Å². The van der Waals surface area contributed by atoms with Crippen LogP contribution >= 0.6 is 7.14 Å². The highest BCUT2D eigenvalue weighted by atomic mass is 31.2. The van der Waals surface area contributed by atoms with Crippen LogP contribution in [0.25, 0.3) is 28.2 Å². The third-order valence-corrected chi connectivity index (χ3v) is 7.98. The number of rotatable bonds is 10. The quantitative estimate of drug-likeness (QED) is 0.230. The Labute approximate surface area is 214 Å². The molecule has 2 heterocycles. The lowest BCUT2D eigenvalue weighted by Gasteiger charge is -2.16. The molecule has 0 radical (unpaired) electrons. The summed E-state index contributed by atoms with van der Waals surface area (Å²) in [6, 6.07) is 3.69. The first-order valence-corrected chi connectivity index (χ1v) is 15.0. The maximum Gasteiger partial charge on any atom is 0.419 e. The molecular weight excluding hydrogens is 502 g/mol. The van der Waals surface area contributed by atoms with Crippen molar-refractivity contribution in [2.75, 3.05) is 38.4 Å². The summed E-state index contributed by atoms with van der Waals surface area (Å²) < 4.78 is 60.7. The van der Waals surface area contributed by atoms with E-state index >= 15 is 0 Å². The van der Waals surface area contributed by atoms with E-state index in [4.69, 9.17) is 10.5 Å². The minimum Gasteiger partial charge on any atom is -0.380 e. The van der Waals surface area contributed by atoms with Crippen molar-refractivity contribution >= 4 is 35.4 Å².